The zero-order chi connectivity index (χ0) is 50.7. The number of hydrogen-bond acceptors (Lipinski definition) is 6. The van der Waals surface area contributed by atoms with Crippen molar-refractivity contribution >= 4 is 17.9 Å². The van der Waals surface area contributed by atoms with Crippen LogP contribution >= 0.6 is 0 Å². The van der Waals surface area contributed by atoms with Crippen LogP contribution in [0.1, 0.15) is 361 Å². The second-order valence-electron chi connectivity index (χ2n) is 21.7. The first-order valence-corrected chi connectivity index (χ1v) is 31.7. The van der Waals surface area contributed by atoms with Crippen LogP contribution in [0.3, 0.4) is 0 Å². The summed E-state index contributed by atoms with van der Waals surface area (Å²) in [5.74, 6) is -0.860. The molecule has 0 bridgehead atoms. The molecular formula is C64H122O6. The number of carbonyl (C=O) groups is 3. The third kappa shape index (κ3) is 57.1. The Balaban J connectivity index is 4.00. The molecular weight excluding hydrogens is 865 g/mol. The molecule has 0 aromatic heterocycles. The molecule has 6 nitrogen and oxygen atoms in total. The van der Waals surface area contributed by atoms with Crippen LogP contribution in [0.2, 0.25) is 0 Å². The van der Waals surface area contributed by atoms with Crippen LogP contribution in [0.4, 0.5) is 0 Å². The molecule has 0 aromatic carbocycles. The van der Waals surface area contributed by atoms with E-state index in [1.54, 1.807) is 0 Å². The highest BCUT2D eigenvalue weighted by Gasteiger charge is 2.19. The zero-order valence-corrected chi connectivity index (χ0v) is 47.6. The van der Waals surface area contributed by atoms with Crippen LogP contribution in [0.25, 0.3) is 0 Å². The monoisotopic (exact) mass is 987 g/mol. The van der Waals surface area contributed by atoms with Crippen molar-refractivity contribution in [3.63, 3.8) is 0 Å². The molecule has 70 heavy (non-hydrogen) atoms. The van der Waals surface area contributed by atoms with Gasteiger partial charge in [0.1, 0.15) is 13.2 Å². The van der Waals surface area contributed by atoms with E-state index in [9.17, 15) is 14.4 Å². The van der Waals surface area contributed by atoms with Gasteiger partial charge in [0.2, 0.25) is 0 Å². The summed E-state index contributed by atoms with van der Waals surface area (Å²) in [7, 11) is 0. The van der Waals surface area contributed by atoms with Crippen molar-refractivity contribution in [1.82, 2.24) is 0 Å². The van der Waals surface area contributed by atoms with Crippen molar-refractivity contribution in [2.75, 3.05) is 13.2 Å². The first-order valence-electron chi connectivity index (χ1n) is 31.7. The summed E-state index contributed by atoms with van der Waals surface area (Å²) in [6.45, 7) is 6.65. The molecule has 0 saturated heterocycles. The third-order valence-corrected chi connectivity index (χ3v) is 14.5. The highest BCUT2D eigenvalue weighted by atomic mass is 16.6. The van der Waals surface area contributed by atoms with E-state index < -0.39 is 6.10 Å². The molecule has 1 atom stereocenters. The number of carbonyl (C=O) groups excluding carboxylic acids is 3. The minimum atomic E-state index is -0.768. The van der Waals surface area contributed by atoms with Gasteiger partial charge in [-0.1, -0.05) is 309 Å². The molecule has 414 valence electrons. The van der Waals surface area contributed by atoms with Gasteiger partial charge >= 0.3 is 17.9 Å². The van der Waals surface area contributed by atoms with E-state index in [-0.39, 0.29) is 31.1 Å². The van der Waals surface area contributed by atoms with Gasteiger partial charge in [-0.25, -0.2) is 0 Å². The van der Waals surface area contributed by atoms with Gasteiger partial charge in [0.05, 0.1) is 0 Å². The number of ether oxygens (including phenoxy) is 3. The molecule has 0 spiro atoms. The van der Waals surface area contributed by atoms with E-state index >= 15 is 0 Å². The smallest absolute Gasteiger partial charge is 0.306 e. The Hall–Kier alpha value is -1.85. The van der Waals surface area contributed by atoms with Crippen molar-refractivity contribution in [3.05, 3.63) is 12.2 Å². The van der Waals surface area contributed by atoms with Crippen LogP contribution in [0.15, 0.2) is 12.2 Å². The number of unbranched alkanes of at least 4 members (excludes halogenated alkanes) is 46. The largest absolute Gasteiger partial charge is 0.462 e. The average Bonchev–Trinajstić information content (AvgIpc) is 3.36. The van der Waals surface area contributed by atoms with Crippen molar-refractivity contribution < 1.29 is 28.6 Å². The van der Waals surface area contributed by atoms with Crippen LogP contribution < -0.4 is 0 Å². The van der Waals surface area contributed by atoms with Crippen LogP contribution in [0, 0.1) is 0 Å². The van der Waals surface area contributed by atoms with Crippen molar-refractivity contribution in [2.45, 2.75) is 367 Å². The molecule has 0 rings (SSSR count). The molecule has 0 aromatic rings. The minimum absolute atomic E-state index is 0.0681. The number of rotatable bonds is 59. The second-order valence-corrected chi connectivity index (χ2v) is 21.7. The lowest BCUT2D eigenvalue weighted by atomic mass is 10.0. The van der Waals surface area contributed by atoms with Gasteiger partial charge in [-0.3, -0.25) is 14.4 Å². The molecule has 6 heteroatoms. The van der Waals surface area contributed by atoms with Crippen LogP contribution in [-0.4, -0.2) is 37.2 Å². The SMILES string of the molecule is CCCCCCCCC/C=C\CCCCCCCC(=O)OC(COC(=O)CCCCCCCCC)COC(=O)CCCCCCCCCCCCCCCCCCCCCCCCCCCCCCC. The molecule has 0 amide bonds. The average molecular weight is 988 g/mol. The lowest BCUT2D eigenvalue weighted by Gasteiger charge is -2.18. The Morgan fingerprint density at radius 1 is 0.271 bits per heavy atom. The summed E-state index contributed by atoms with van der Waals surface area (Å²) < 4.78 is 16.8. The number of allylic oxidation sites excluding steroid dienone is 2. The van der Waals surface area contributed by atoms with Gasteiger partial charge in [-0.15, -0.1) is 0 Å². The highest BCUT2D eigenvalue weighted by molar-refractivity contribution is 5.71. The molecule has 0 heterocycles. The van der Waals surface area contributed by atoms with E-state index in [0.29, 0.717) is 19.3 Å². The normalized spacial score (nSPS) is 12.0. The van der Waals surface area contributed by atoms with E-state index in [2.05, 4.69) is 32.9 Å². The van der Waals surface area contributed by atoms with E-state index in [1.165, 1.54) is 257 Å². The zero-order valence-electron chi connectivity index (χ0n) is 47.6. The van der Waals surface area contributed by atoms with E-state index in [4.69, 9.17) is 14.2 Å². The summed E-state index contributed by atoms with van der Waals surface area (Å²) in [5, 5.41) is 0. The van der Waals surface area contributed by atoms with Gasteiger partial charge in [0.25, 0.3) is 0 Å². The molecule has 0 saturated carbocycles. The summed E-state index contributed by atoms with van der Waals surface area (Å²) >= 11 is 0. The predicted octanol–water partition coefficient (Wildman–Crippen LogP) is 21.3. The quantitative estimate of drug-likeness (QED) is 0.0261. The van der Waals surface area contributed by atoms with Gasteiger partial charge < -0.3 is 14.2 Å². The Labute approximate surface area is 437 Å². The van der Waals surface area contributed by atoms with Gasteiger partial charge in [0, 0.05) is 19.3 Å². The number of esters is 3. The third-order valence-electron chi connectivity index (χ3n) is 14.5. The maximum absolute atomic E-state index is 12.8. The Kier molecular flexibility index (Phi) is 58.1. The van der Waals surface area contributed by atoms with Crippen molar-refractivity contribution in [2.24, 2.45) is 0 Å². The molecule has 0 aliphatic rings. The standard InChI is InChI=1S/C64H122O6/c1-4-7-10-13-16-18-20-22-24-26-27-28-29-30-31-32-33-34-35-36-37-38-40-41-43-45-48-51-54-57-63(66)69-60-61(59-68-62(65)56-53-50-47-15-12-9-6-3)70-64(67)58-55-52-49-46-44-42-39-25-23-21-19-17-14-11-8-5-2/h25,39,61H,4-24,26-38,40-60H2,1-3H3/b39-25-. The van der Waals surface area contributed by atoms with Gasteiger partial charge in [0.15, 0.2) is 6.10 Å². The van der Waals surface area contributed by atoms with E-state index in [1.807, 2.05) is 0 Å². The molecule has 1 unspecified atom stereocenters. The predicted molar refractivity (Wildman–Crippen MR) is 303 cm³/mol. The topological polar surface area (TPSA) is 78.9 Å². The van der Waals surface area contributed by atoms with Gasteiger partial charge in [-0.05, 0) is 44.9 Å². The van der Waals surface area contributed by atoms with Crippen molar-refractivity contribution in [3.8, 4) is 0 Å². The van der Waals surface area contributed by atoms with Crippen molar-refractivity contribution in [1.29, 1.82) is 0 Å². The van der Waals surface area contributed by atoms with Crippen LogP contribution in [0.5, 0.6) is 0 Å². The van der Waals surface area contributed by atoms with Gasteiger partial charge in [-0.2, -0.15) is 0 Å². The summed E-state index contributed by atoms with van der Waals surface area (Å²) in [5.41, 5.74) is 0. The second kappa shape index (κ2) is 59.7. The fourth-order valence-corrected chi connectivity index (χ4v) is 9.74. The first kappa shape index (κ1) is 68.2. The Morgan fingerprint density at radius 3 is 0.714 bits per heavy atom. The summed E-state index contributed by atoms with van der Waals surface area (Å²) in [6.07, 6.45) is 69.8. The molecule has 0 N–H and O–H groups in total. The number of hydrogen-bond donors (Lipinski definition) is 0. The summed E-state index contributed by atoms with van der Waals surface area (Å²) in [6, 6.07) is 0. The maximum Gasteiger partial charge on any atom is 0.306 e. The van der Waals surface area contributed by atoms with Crippen LogP contribution in [-0.2, 0) is 28.6 Å². The molecule has 0 aliphatic heterocycles. The summed E-state index contributed by atoms with van der Waals surface area (Å²) in [4.78, 5) is 38.0. The highest BCUT2D eigenvalue weighted by Crippen LogP contribution is 2.18. The maximum atomic E-state index is 12.8. The molecule has 0 fully saturated rings. The fourth-order valence-electron chi connectivity index (χ4n) is 9.74. The Bertz CT molecular complexity index is 1090. The molecule has 0 radical (unpaired) electrons. The van der Waals surface area contributed by atoms with E-state index in [0.717, 1.165) is 64.2 Å². The molecule has 0 aliphatic carbocycles. The fraction of sp³-hybridized carbons (Fsp3) is 0.922. The first-order chi connectivity index (χ1) is 34.5. The lowest BCUT2D eigenvalue weighted by molar-refractivity contribution is -0.167. The Morgan fingerprint density at radius 2 is 0.471 bits per heavy atom. The minimum Gasteiger partial charge on any atom is -0.462 e. The lowest BCUT2D eigenvalue weighted by Crippen LogP contribution is -2.30.